The first-order valence-corrected chi connectivity index (χ1v) is 41.1. The number of unbranched alkanes of at least 4 members (excludes halogenated alkanes) is 57. The molecular formula is C79H155NO8P+. The normalized spacial score (nSPS) is 13.1. The van der Waals surface area contributed by atoms with Gasteiger partial charge in [-0.3, -0.25) is 18.6 Å². The molecule has 9 nitrogen and oxygen atoms in total. The van der Waals surface area contributed by atoms with Crippen LogP contribution in [0.2, 0.25) is 0 Å². The van der Waals surface area contributed by atoms with Crippen LogP contribution < -0.4 is 0 Å². The van der Waals surface area contributed by atoms with E-state index < -0.39 is 26.5 Å². The van der Waals surface area contributed by atoms with Crippen LogP contribution in [0.5, 0.6) is 0 Å². The van der Waals surface area contributed by atoms with E-state index in [1.165, 1.54) is 347 Å². The number of nitrogens with zero attached hydrogens (tertiary/aromatic N) is 1. The molecule has 0 heterocycles. The van der Waals surface area contributed by atoms with E-state index in [-0.39, 0.29) is 25.6 Å². The third kappa shape index (κ3) is 75.4. The summed E-state index contributed by atoms with van der Waals surface area (Å²) in [7, 11) is 1.51. The molecule has 0 radical (unpaired) electrons. The number of ether oxygens (including phenoxy) is 2. The molecule has 0 aromatic rings. The van der Waals surface area contributed by atoms with Gasteiger partial charge in [0.2, 0.25) is 0 Å². The lowest BCUT2D eigenvalue weighted by Gasteiger charge is -2.24. The molecule has 0 aromatic heterocycles. The van der Waals surface area contributed by atoms with Crippen LogP contribution in [0.3, 0.4) is 0 Å². The van der Waals surface area contributed by atoms with Gasteiger partial charge in [0.05, 0.1) is 27.7 Å². The van der Waals surface area contributed by atoms with Crippen molar-refractivity contribution >= 4 is 19.8 Å². The smallest absolute Gasteiger partial charge is 0.462 e. The van der Waals surface area contributed by atoms with E-state index in [0.29, 0.717) is 17.4 Å². The molecule has 1 N–H and O–H groups in total. The molecule has 0 aromatic carbocycles. The fraction of sp³-hybridized carbons (Fsp3) is 0.924. The zero-order valence-corrected chi connectivity index (χ0v) is 61.4. The fourth-order valence-electron chi connectivity index (χ4n) is 12.2. The van der Waals surface area contributed by atoms with E-state index >= 15 is 0 Å². The second-order valence-corrected chi connectivity index (χ2v) is 29.9. The maximum Gasteiger partial charge on any atom is 0.472 e. The zero-order chi connectivity index (χ0) is 64.8. The van der Waals surface area contributed by atoms with Gasteiger partial charge in [-0.1, -0.05) is 385 Å². The van der Waals surface area contributed by atoms with Crippen molar-refractivity contribution in [2.24, 2.45) is 0 Å². The average Bonchev–Trinajstić information content (AvgIpc) is 3.60. The molecule has 0 amide bonds. The second-order valence-electron chi connectivity index (χ2n) is 28.5. The molecule has 0 aliphatic heterocycles. The Morgan fingerprint density at radius 3 is 0.888 bits per heavy atom. The zero-order valence-electron chi connectivity index (χ0n) is 60.5. The third-order valence-corrected chi connectivity index (χ3v) is 19.2. The van der Waals surface area contributed by atoms with E-state index in [9.17, 15) is 19.0 Å². The highest BCUT2D eigenvalue weighted by Gasteiger charge is 2.27. The summed E-state index contributed by atoms with van der Waals surface area (Å²) in [6.45, 7) is 4.52. The van der Waals surface area contributed by atoms with Crippen LogP contribution >= 0.6 is 7.82 Å². The number of esters is 2. The van der Waals surface area contributed by atoms with Crippen molar-refractivity contribution in [3.63, 3.8) is 0 Å². The monoisotopic (exact) mass is 1280 g/mol. The highest BCUT2D eigenvalue weighted by molar-refractivity contribution is 7.47. The van der Waals surface area contributed by atoms with Crippen molar-refractivity contribution in [1.29, 1.82) is 0 Å². The number of rotatable bonds is 75. The molecule has 0 rings (SSSR count). The predicted octanol–water partition coefficient (Wildman–Crippen LogP) is 26.0. The summed E-state index contributed by atoms with van der Waals surface area (Å²) in [6, 6.07) is 0. The topological polar surface area (TPSA) is 108 Å². The molecule has 0 aliphatic carbocycles. The summed E-state index contributed by atoms with van der Waals surface area (Å²) in [4.78, 5) is 35.9. The molecule has 2 unspecified atom stereocenters. The Bertz CT molecular complexity index is 1550. The van der Waals surface area contributed by atoms with Gasteiger partial charge in [-0.25, -0.2) is 4.57 Å². The first kappa shape index (κ1) is 87.5. The lowest BCUT2D eigenvalue weighted by Crippen LogP contribution is -2.37. The van der Waals surface area contributed by atoms with Gasteiger partial charge < -0.3 is 18.9 Å². The number of hydrogen-bond acceptors (Lipinski definition) is 7. The van der Waals surface area contributed by atoms with E-state index in [1.807, 2.05) is 21.1 Å². The number of phosphoric ester groups is 1. The van der Waals surface area contributed by atoms with Crippen molar-refractivity contribution < 1.29 is 42.1 Å². The quantitative estimate of drug-likeness (QED) is 0.0211. The molecule has 0 saturated heterocycles. The molecule has 2 atom stereocenters. The van der Waals surface area contributed by atoms with Crippen molar-refractivity contribution in [1.82, 2.24) is 0 Å². The number of hydrogen-bond donors (Lipinski definition) is 1. The van der Waals surface area contributed by atoms with E-state index in [4.69, 9.17) is 18.5 Å². The van der Waals surface area contributed by atoms with Gasteiger partial charge in [0, 0.05) is 12.8 Å². The Kier molecular flexibility index (Phi) is 69.6. The van der Waals surface area contributed by atoms with Gasteiger partial charge in [-0.2, -0.15) is 0 Å². The van der Waals surface area contributed by atoms with Crippen LogP contribution in [0, 0.1) is 0 Å². The van der Waals surface area contributed by atoms with E-state index in [0.717, 1.165) is 44.9 Å². The molecule has 0 fully saturated rings. The minimum Gasteiger partial charge on any atom is -0.462 e. The third-order valence-electron chi connectivity index (χ3n) is 18.2. The number of carbonyl (C=O) groups excluding carboxylic acids is 2. The Labute approximate surface area is 555 Å². The minimum absolute atomic E-state index is 0.0366. The van der Waals surface area contributed by atoms with E-state index in [1.54, 1.807) is 0 Å². The Morgan fingerprint density at radius 1 is 0.348 bits per heavy atom. The molecule has 10 heteroatoms. The number of carbonyl (C=O) groups is 2. The molecule has 0 bridgehead atoms. The second kappa shape index (κ2) is 70.8. The largest absolute Gasteiger partial charge is 0.472 e. The number of phosphoric acid groups is 1. The molecule has 89 heavy (non-hydrogen) atoms. The molecule has 0 aliphatic rings. The summed E-state index contributed by atoms with van der Waals surface area (Å²) in [6.07, 6.45) is 90.5. The summed E-state index contributed by atoms with van der Waals surface area (Å²) >= 11 is 0. The van der Waals surface area contributed by atoms with Gasteiger partial charge in [0.25, 0.3) is 0 Å². The lowest BCUT2D eigenvalue weighted by molar-refractivity contribution is -0.870. The van der Waals surface area contributed by atoms with Crippen LogP contribution in [0.1, 0.15) is 418 Å². The fourth-order valence-corrected chi connectivity index (χ4v) is 12.9. The number of quaternary nitrogens is 1. The minimum atomic E-state index is -4.39. The summed E-state index contributed by atoms with van der Waals surface area (Å²) < 4.78 is 34.8. The summed E-state index contributed by atoms with van der Waals surface area (Å²) in [5.74, 6) is -0.768. The van der Waals surface area contributed by atoms with Crippen molar-refractivity contribution in [3.8, 4) is 0 Å². The van der Waals surface area contributed by atoms with Gasteiger partial charge in [-0.15, -0.1) is 0 Å². The van der Waals surface area contributed by atoms with Crippen molar-refractivity contribution in [2.75, 3.05) is 47.5 Å². The Balaban J connectivity index is 3.88. The van der Waals surface area contributed by atoms with Crippen LogP contribution in [0.4, 0.5) is 0 Å². The van der Waals surface area contributed by atoms with Crippen LogP contribution in [-0.2, 0) is 32.7 Å². The Hall–Kier alpha value is -1.51. The molecule has 0 saturated carbocycles. The van der Waals surface area contributed by atoms with Crippen molar-refractivity contribution in [2.45, 2.75) is 424 Å². The molecule has 528 valence electrons. The van der Waals surface area contributed by atoms with E-state index in [2.05, 4.69) is 38.2 Å². The van der Waals surface area contributed by atoms with Crippen molar-refractivity contribution in [3.05, 3.63) is 24.3 Å². The maximum absolute atomic E-state index is 12.9. The van der Waals surface area contributed by atoms with Gasteiger partial charge in [0.15, 0.2) is 6.10 Å². The maximum atomic E-state index is 12.9. The van der Waals surface area contributed by atoms with Crippen LogP contribution in [-0.4, -0.2) is 74.9 Å². The lowest BCUT2D eigenvalue weighted by atomic mass is 10.0. The number of allylic oxidation sites excluding steroid dienone is 4. The average molecular weight is 1280 g/mol. The highest BCUT2D eigenvalue weighted by atomic mass is 31.2. The van der Waals surface area contributed by atoms with Gasteiger partial charge in [0.1, 0.15) is 19.8 Å². The first-order valence-electron chi connectivity index (χ1n) is 39.6. The summed E-state index contributed by atoms with van der Waals surface area (Å²) in [5, 5.41) is 0. The van der Waals surface area contributed by atoms with Gasteiger partial charge in [-0.05, 0) is 44.9 Å². The standard InChI is InChI=1S/C79H154NO8P/c1-6-8-10-12-14-16-18-20-22-24-26-28-30-32-34-35-36-37-38-39-40-41-42-43-44-45-46-48-50-52-54-56-58-60-62-64-66-68-70-72-79(82)88-77(76-87-89(83,84)86-74-73-80(3,4)5)75-85-78(81)71-69-67-65-63-61-59-57-55-53-51-49-47-33-31-29-27-25-23-21-19-17-15-13-11-9-7-2/h18,20,24,26,77H,6-17,19,21-23,25,27-76H2,1-5H3/p+1/b20-18-,26-24-. The predicted molar refractivity (Wildman–Crippen MR) is 386 cm³/mol. The van der Waals surface area contributed by atoms with Gasteiger partial charge >= 0.3 is 19.8 Å². The first-order chi connectivity index (χ1) is 43.5. The molecular weight excluding hydrogens is 1120 g/mol. The summed E-state index contributed by atoms with van der Waals surface area (Å²) in [5.41, 5.74) is 0. The molecule has 0 spiro atoms. The number of likely N-dealkylation sites (N-methyl/N-ethyl adjacent to an activating group) is 1. The Morgan fingerprint density at radius 2 is 0.607 bits per heavy atom. The highest BCUT2D eigenvalue weighted by Crippen LogP contribution is 2.43. The van der Waals surface area contributed by atoms with Crippen LogP contribution in [0.15, 0.2) is 24.3 Å². The van der Waals surface area contributed by atoms with Crippen LogP contribution in [0.25, 0.3) is 0 Å². The SMILES string of the molecule is CCCCCCC/C=C\C/C=C\CCCCCCCCCCCCCCCCCCCCCCCCCCCCCC(=O)OC(COC(=O)CCCCCCCCCCCCCCCCCCCCCCCCCCCC)COP(=O)(O)OCC[N+](C)(C)C.